The van der Waals surface area contributed by atoms with Crippen molar-refractivity contribution >= 4 is 23.2 Å². The number of para-hydroxylation sites is 1. The number of hydrogen-bond acceptors (Lipinski definition) is 4. The summed E-state index contributed by atoms with van der Waals surface area (Å²) in [5.74, 6) is -1.76. The van der Waals surface area contributed by atoms with Crippen molar-refractivity contribution in [3.63, 3.8) is 0 Å². The third-order valence-corrected chi connectivity index (χ3v) is 3.19. The van der Waals surface area contributed by atoms with Gasteiger partial charge in [-0.25, -0.2) is 0 Å². The van der Waals surface area contributed by atoms with Gasteiger partial charge in [0.2, 0.25) is 0 Å². The molecule has 0 aliphatic heterocycles. The van der Waals surface area contributed by atoms with Gasteiger partial charge in [-0.2, -0.15) is 13.2 Å². The Morgan fingerprint density at radius 2 is 1.73 bits per heavy atom. The summed E-state index contributed by atoms with van der Waals surface area (Å²) in [5.41, 5.74) is -0.530. The van der Waals surface area contributed by atoms with Crippen molar-refractivity contribution in [2.75, 3.05) is 11.9 Å². The van der Waals surface area contributed by atoms with Gasteiger partial charge in [-0.1, -0.05) is 18.2 Å². The number of anilines is 1. The van der Waals surface area contributed by atoms with Crippen molar-refractivity contribution in [3.05, 3.63) is 69.8 Å². The van der Waals surface area contributed by atoms with Crippen LogP contribution in [0, 0.1) is 10.1 Å². The molecular formula is C16H12F3N3O4. The molecule has 2 aromatic carbocycles. The van der Waals surface area contributed by atoms with Gasteiger partial charge in [0.15, 0.2) is 0 Å². The molecule has 0 atom stereocenters. The smallest absolute Gasteiger partial charge is 0.343 e. The second-order valence-corrected chi connectivity index (χ2v) is 5.11. The molecule has 0 aromatic heterocycles. The molecule has 2 N–H and O–H groups in total. The van der Waals surface area contributed by atoms with Gasteiger partial charge in [0, 0.05) is 17.7 Å². The van der Waals surface area contributed by atoms with Gasteiger partial charge < -0.3 is 10.6 Å². The number of alkyl halides is 3. The minimum atomic E-state index is -4.57. The zero-order valence-electron chi connectivity index (χ0n) is 13.0. The summed E-state index contributed by atoms with van der Waals surface area (Å²) < 4.78 is 36.7. The fourth-order valence-corrected chi connectivity index (χ4v) is 2.02. The van der Waals surface area contributed by atoms with E-state index in [0.717, 1.165) is 6.07 Å². The highest BCUT2D eigenvalue weighted by Gasteiger charge is 2.28. The maximum atomic E-state index is 12.2. The molecule has 7 nitrogen and oxygen atoms in total. The normalized spacial score (nSPS) is 10.9. The Labute approximate surface area is 145 Å². The lowest BCUT2D eigenvalue weighted by molar-refractivity contribution is -0.384. The van der Waals surface area contributed by atoms with Crippen LogP contribution in [0.25, 0.3) is 0 Å². The largest absolute Gasteiger partial charge is 0.405 e. The zero-order valence-corrected chi connectivity index (χ0v) is 13.0. The van der Waals surface area contributed by atoms with Crippen LogP contribution in [0.1, 0.15) is 20.7 Å². The third-order valence-electron chi connectivity index (χ3n) is 3.19. The van der Waals surface area contributed by atoms with E-state index in [-0.39, 0.29) is 22.5 Å². The molecule has 0 heterocycles. The predicted octanol–water partition coefficient (Wildman–Crippen LogP) is 3.14. The standard InChI is InChI=1S/C16H12F3N3O4/c17-16(18,19)9-20-15(24)12-6-1-2-7-13(12)21-14(23)10-4-3-5-11(8-10)22(25)26/h1-8H,9H2,(H,20,24)(H,21,23). The lowest BCUT2D eigenvalue weighted by Gasteiger charge is -2.12. The van der Waals surface area contributed by atoms with E-state index in [4.69, 9.17) is 0 Å². The van der Waals surface area contributed by atoms with E-state index >= 15 is 0 Å². The Balaban J connectivity index is 2.19. The minimum absolute atomic E-state index is 0.0244. The second kappa shape index (κ2) is 7.64. The first-order valence-electron chi connectivity index (χ1n) is 7.17. The Morgan fingerprint density at radius 1 is 1.04 bits per heavy atom. The van der Waals surface area contributed by atoms with E-state index in [1.54, 1.807) is 5.32 Å². The number of amides is 2. The summed E-state index contributed by atoms with van der Waals surface area (Å²) in [4.78, 5) is 34.2. The molecule has 2 amide bonds. The van der Waals surface area contributed by atoms with Crippen LogP contribution in [0.3, 0.4) is 0 Å². The number of benzene rings is 2. The molecular weight excluding hydrogens is 355 g/mol. The average molecular weight is 367 g/mol. The van der Waals surface area contributed by atoms with Crippen LogP contribution in [0.15, 0.2) is 48.5 Å². The van der Waals surface area contributed by atoms with Crippen molar-refractivity contribution in [2.45, 2.75) is 6.18 Å². The monoisotopic (exact) mass is 367 g/mol. The number of hydrogen-bond donors (Lipinski definition) is 2. The minimum Gasteiger partial charge on any atom is -0.343 e. The Bertz CT molecular complexity index is 853. The number of nitrogens with zero attached hydrogens (tertiary/aromatic N) is 1. The maximum Gasteiger partial charge on any atom is 0.405 e. The quantitative estimate of drug-likeness (QED) is 0.626. The molecule has 0 saturated carbocycles. The highest BCUT2D eigenvalue weighted by atomic mass is 19.4. The van der Waals surface area contributed by atoms with Crippen LogP contribution < -0.4 is 10.6 Å². The van der Waals surface area contributed by atoms with Crippen LogP contribution >= 0.6 is 0 Å². The Kier molecular flexibility index (Phi) is 5.55. The van der Waals surface area contributed by atoms with E-state index < -0.39 is 29.5 Å². The van der Waals surface area contributed by atoms with E-state index in [0.29, 0.717) is 0 Å². The molecule has 0 saturated heterocycles. The molecule has 136 valence electrons. The molecule has 0 aliphatic carbocycles. The van der Waals surface area contributed by atoms with Crippen molar-refractivity contribution in [1.82, 2.24) is 5.32 Å². The topological polar surface area (TPSA) is 101 Å². The van der Waals surface area contributed by atoms with E-state index in [2.05, 4.69) is 5.32 Å². The molecule has 0 fully saturated rings. The predicted molar refractivity (Wildman–Crippen MR) is 85.9 cm³/mol. The first-order valence-corrected chi connectivity index (χ1v) is 7.17. The van der Waals surface area contributed by atoms with Gasteiger partial charge in [-0.15, -0.1) is 0 Å². The van der Waals surface area contributed by atoms with Gasteiger partial charge in [-0.3, -0.25) is 19.7 Å². The number of non-ortho nitro benzene ring substituents is 1. The van der Waals surface area contributed by atoms with Crippen LogP contribution in [0.4, 0.5) is 24.5 Å². The van der Waals surface area contributed by atoms with Crippen LogP contribution in [0.2, 0.25) is 0 Å². The van der Waals surface area contributed by atoms with Crippen LogP contribution in [0.5, 0.6) is 0 Å². The third kappa shape index (κ3) is 5.03. The fraction of sp³-hybridized carbons (Fsp3) is 0.125. The number of carbonyl (C=O) groups is 2. The molecule has 0 bridgehead atoms. The van der Waals surface area contributed by atoms with Gasteiger partial charge in [0.1, 0.15) is 6.54 Å². The molecule has 2 aromatic rings. The summed E-state index contributed by atoms with van der Waals surface area (Å²) in [6, 6.07) is 10.4. The van der Waals surface area contributed by atoms with Crippen molar-refractivity contribution in [1.29, 1.82) is 0 Å². The van der Waals surface area contributed by atoms with Crippen molar-refractivity contribution < 1.29 is 27.7 Å². The van der Waals surface area contributed by atoms with Crippen LogP contribution in [-0.4, -0.2) is 29.5 Å². The van der Waals surface area contributed by atoms with Gasteiger partial charge in [0.05, 0.1) is 16.2 Å². The summed E-state index contributed by atoms with van der Waals surface area (Å²) in [6.45, 7) is -1.51. The van der Waals surface area contributed by atoms with E-state index in [9.17, 15) is 32.9 Å². The van der Waals surface area contributed by atoms with Gasteiger partial charge in [-0.05, 0) is 18.2 Å². The van der Waals surface area contributed by atoms with Crippen LogP contribution in [-0.2, 0) is 0 Å². The van der Waals surface area contributed by atoms with E-state index in [1.807, 2.05) is 0 Å². The Hall–Kier alpha value is -3.43. The van der Waals surface area contributed by atoms with Crippen molar-refractivity contribution in [3.8, 4) is 0 Å². The maximum absolute atomic E-state index is 12.2. The number of carbonyl (C=O) groups excluding carboxylic acids is 2. The summed E-state index contributed by atoms with van der Waals surface area (Å²) in [7, 11) is 0. The first-order chi connectivity index (χ1) is 12.2. The number of halogens is 3. The lowest BCUT2D eigenvalue weighted by Crippen LogP contribution is -2.34. The molecule has 0 spiro atoms. The molecule has 0 radical (unpaired) electrons. The van der Waals surface area contributed by atoms with Crippen molar-refractivity contribution in [2.24, 2.45) is 0 Å². The zero-order chi connectivity index (χ0) is 19.3. The summed E-state index contributed by atoms with van der Waals surface area (Å²) in [6.07, 6.45) is -4.57. The number of nitro benzene ring substituents is 1. The SMILES string of the molecule is O=C(Nc1ccccc1C(=O)NCC(F)(F)F)c1cccc([N+](=O)[O-])c1. The highest BCUT2D eigenvalue weighted by molar-refractivity contribution is 6.09. The first kappa shape index (κ1) is 18.9. The fourth-order valence-electron chi connectivity index (χ4n) is 2.02. The number of nitro groups is 1. The average Bonchev–Trinajstić information content (AvgIpc) is 2.59. The number of rotatable bonds is 5. The lowest BCUT2D eigenvalue weighted by atomic mass is 10.1. The number of nitrogens with one attached hydrogen (secondary N) is 2. The Morgan fingerprint density at radius 3 is 2.38 bits per heavy atom. The molecule has 2 rings (SSSR count). The summed E-state index contributed by atoms with van der Waals surface area (Å²) >= 11 is 0. The van der Waals surface area contributed by atoms with Gasteiger partial charge in [0.25, 0.3) is 17.5 Å². The summed E-state index contributed by atoms with van der Waals surface area (Å²) in [5, 5.41) is 14.8. The second-order valence-electron chi connectivity index (χ2n) is 5.11. The molecule has 26 heavy (non-hydrogen) atoms. The van der Waals surface area contributed by atoms with E-state index in [1.165, 1.54) is 42.5 Å². The molecule has 0 unspecified atom stereocenters. The van der Waals surface area contributed by atoms with Gasteiger partial charge >= 0.3 is 6.18 Å². The highest BCUT2D eigenvalue weighted by Crippen LogP contribution is 2.19. The molecule has 0 aliphatic rings. The molecule has 10 heteroatoms.